The van der Waals surface area contributed by atoms with E-state index in [1.165, 1.54) is 12.1 Å². The number of aryl methyl sites for hydroxylation is 1. The fourth-order valence-electron chi connectivity index (χ4n) is 1.09. The van der Waals surface area contributed by atoms with Crippen LogP contribution in [0.4, 0.5) is 4.39 Å². The van der Waals surface area contributed by atoms with Crippen molar-refractivity contribution in [2.75, 3.05) is 0 Å². The molecule has 3 heteroatoms. The first kappa shape index (κ1) is 10.9. The molecule has 0 saturated heterocycles. The molecule has 1 aromatic carbocycles. The van der Waals surface area contributed by atoms with Crippen LogP contribution in [0.25, 0.3) is 0 Å². The molecule has 0 unspecified atom stereocenters. The van der Waals surface area contributed by atoms with Gasteiger partial charge in [-0.1, -0.05) is 17.7 Å². The van der Waals surface area contributed by atoms with Crippen LogP contribution in [0, 0.1) is 12.7 Å². The van der Waals surface area contributed by atoms with Crippen molar-refractivity contribution in [3.05, 3.63) is 46.3 Å². The van der Waals surface area contributed by atoms with E-state index in [9.17, 15) is 9.18 Å². The molecule has 0 N–H and O–H groups in total. The highest BCUT2D eigenvalue weighted by Crippen LogP contribution is 2.21. The summed E-state index contributed by atoms with van der Waals surface area (Å²) in [5.41, 5.74) is 0.755. The van der Waals surface area contributed by atoms with Crippen molar-refractivity contribution in [2.24, 2.45) is 0 Å². The number of carbonyl (C=O) groups excluding carboxylic acids is 1. The van der Waals surface area contributed by atoms with E-state index in [1.807, 2.05) is 0 Å². The van der Waals surface area contributed by atoms with Crippen molar-refractivity contribution in [3.8, 4) is 0 Å². The molecular formula is C11H10ClFO. The standard InChI is InChI=1S/C11H10ClFO/c1-3-4-11(14)8-5-7(2)10(13)6-9(8)12/h3-6H,1-2H3. The first-order valence-corrected chi connectivity index (χ1v) is 4.56. The monoisotopic (exact) mass is 212 g/mol. The summed E-state index contributed by atoms with van der Waals surface area (Å²) < 4.78 is 13.0. The number of halogens is 2. The van der Waals surface area contributed by atoms with Gasteiger partial charge < -0.3 is 0 Å². The van der Waals surface area contributed by atoms with Gasteiger partial charge in [-0.25, -0.2) is 4.39 Å². The predicted octanol–water partition coefficient (Wildman–Crippen LogP) is 3.55. The van der Waals surface area contributed by atoms with Crippen molar-refractivity contribution in [1.29, 1.82) is 0 Å². The Kier molecular flexibility index (Phi) is 3.42. The maximum absolute atomic E-state index is 13.0. The minimum absolute atomic E-state index is 0.149. The van der Waals surface area contributed by atoms with Crippen LogP contribution in [-0.4, -0.2) is 5.78 Å². The largest absolute Gasteiger partial charge is 0.289 e. The third-order valence-electron chi connectivity index (χ3n) is 1.83. The summed E-state index contributed by atoms with van der Waals surface area (Å²) in [5, 5.41) is 0.149. The van der Waals surface area contributed by atoms with Crippen molar-refractivity contribution < 1.29 is 9.18 Å². The zero-order valence-electron chi connectivity index (χ0n) is 7.97. The van der Waals surface area contributed by atoms with Gasteiger partial charge in [-0.05, 0) is 37.6 Å². The average molecular weight is 213 g/mol. The van der Waals surface area contributed by atoms with Gasteiger partial charge in [0.15, 0.2) is 5.78 Å². The second-order valence-corrected chi connectivity index (χ2v) is 3.35. The van der Waals surface area contributed by atoms with E-state index in [4.69, 9.17) is 11.6 Å². The van der Waals surface area contributed by atoms with Crippen LogP contribution in [-0.2, 0) is 0 Å². The van der Waals surface area contributed by atoms with Gasteiger partial charge in [-0.15, -0.1) is 0 Å². The topological polar surface area (TPSA) is 17.1 Å². The van der Waals surface area contributed by atoms with Gasteiger partial charge >= 0.3 is 0 Å². The van der Waals surface area contributed by atoms with E-state index in [0.29, 0.717) is 11.1 Å². The third kappa shape index (κ3) is 2.20. The molecule has 0 saturated carbocycles. The molecule has 1 rings (SSSR count). The molecule has 1 aromatic rings. The Morgan fingerprint density at radius 3 is 2.71 bits per heavy atom. The molecular weight excluding hydrogens is 203 g/mol. The molecule has 1 nitrogen and oxygen atoms in total. The molecule has 0 amide bonds. The van der Waals surface area contributed by atoms with E-state index in [2.05, 4.69) is 0 Å². The number of ketones is 1. The van der Waals surface area contributed by atoms with Gasteiger partial charge in [0.05, 0.1) is 5.02 Å². The molecule has 0 aliphatic heterocycles. The van der Waals surface area contributed by atoms with Gasteiger partial charge in [0.25, 0.3) is 0 Å². The number of rotatable bonds is 2. The Morgan fingerprint density at radius 2 is 2.14 bits per heavy atom. The Bertz CT molecular complexity index is 397. The zero-order valence-corrected chi connectivity index (χ0v) is 8.73. The SMILES string of the molecule is CC=CC(=O)c1cc(C)c(F)cc1Cl. The van der Waals surface area contributed by atoms with Gasteiger partial charge in [0, 0.05) is 5.56 Å². The van der Waals surface area contributed by atoms with Gasteiger partial charge in [-0.3, -0.25) is 4.79 Å². The highest BCUT2D eigenvalue weighted by atomic mass is 35.5. The van der Waals surface area contributed by atoms with E-state index >= 15 is 0 Å². The van der Waals surface area contributed by atoms with E-state index in [0.717, 1.165) is 6.07 Å². The highest BCUT2D eigenvalue weighted by molar-refractivity contribution is 6.34. The molecule has 0 atom stereocenters. The second-order valence-electron chi connectivity index (χ2n) is 2.95. The summed E-state index contributed by atoms with van der Waals surface area (Å²) in [6.07, 6.45) is 3.02. The van der Waals surface area contributed by atoms with Crippen LogP contribution in [0.3, 0.4) is 0 Å². The van der Waals surface area contributed by atoms with E-state index in [-0.39, 0.29) is 10.8 Å². The van der Waals surface area contributed by atoms with E-state index in [1.54, 1.807) is 19.9 Å². The Balaban J connectivity index is 3.22. The van der Waals surface area contributed by atoms with Crippen molar-refractivity contribution in [2.45, 2.75) is 13.8 Å². The van der Waals surface area contributed by atoms with Crippen LogP contribution in [0.1, 0.15) is 22.8 Å². The normalized spacial score (nSPS) is 10.9. The Morgan fingerprint density at radius 1 is 1.50 bits per heavy atom. The number of benzene rings is 1. The number of carbonyl (C=O) groups is 1. The lowest BCUT2D eigenvalue weighted by Gasteiger charge is -2.02. The predicted molar refractivity (Wildman–Crippen MR) is 55.3 cm³/mol. The molecule has 14 heavy (non-hydrogen) atoms. The molecule has 0 radical (unpaired) electrons. The molecule has 0 bridgehead atoms. The van der Waals surface area contributed by atoms with E-state index < -0.39 is 5.82 Å². The lowest BCUT2D eigenvalue weighted by atomic mass is 10.1. The lowest BCUT2D eigenvalue weighted by molar-refractivity contribution is 0.104. The molecule has 0 aliphatic carbocycles. The number of hydrogen-bond acceptors (Lipinski definition) is 1. The smallest absolute Gasteiger partial charge is 0.187 e. The fourth-order valence-corrected chi connectivity index (χ4v) is 1.33. The first-order valence-electron chi connectivity index (χ1n) is 4.19. The fraction of sp³-hybridized carbons (Fsp3) is 0.182. The van der Waals surface area contributed by atoms with Crippen LogP contribution < -0.4 is 0 Å². The summed E-state index contributed by atoms with van der Waals surface area (Å²) in [7, 11) is 0. The Hall–Kier alpha value is -1.15. The summed E-state index contributed by atoms with van der Waals surface area (Å²) in [4.78, 5) is 11.4. The van der Waals surface area contributed by atoms with Gasteiger partial charge in [-0.2, -0.15) is 0 Å². The van der Waals surface area contributed by atoms with Crippen molar-refractivity contribution >= 4 is 17.4 Å². The maximum Gasteiger partial charge on any atom is 0.187 e. The molecule has 0 fully saturated rings. The van der Waals surface area contributed by atoms with Crippen LogP contribution in [0.2, 0.25) is 5.02 Å². The van der Waals surface area contributed by atoms with Crippen molar-refractivity contribution in [3.63, 3.8) is 0 Å². The Labute approximate surface area is 87.2 Å². The second kappa shape index (κ2) is 4.38. The molecule has 74 valence electrons. The van der Waals surface area contributed by atoms with Gasteiger partial charge in [0.2, 0.25) is 0 Å². The van der Waals surface area contributed by atoms with Crippen molar-refractivity contribution in [1.82, 2.24) is 0 Å². The third-order valence-corrected chi connectivity index (χ3v) is 2.14. The molecule has 0 heterocycles. The number of allylic oxidation sites excluding steroid dienone is 2. The summed E-state index contributed by atoms with van der Waals surface area (Å²) in [6.45, 7) is 3.33. The summed E-state index contributed by atoms with van der Waals surface area (Å²) in [5.74, 6) is -0.604. The molecule has 0 aromatic heterocycles. The summed E-state index contributed by atoms with van der Waals surface area (Å²) >= 11 is 5.74. The molecule has 0 aliphatic rings. The maximum atomic E-state index is 13.0. The highest BCUT2D eigenvalue weighted by Gasteiger charge is 2.10. The number of hydrogen-bond donors (Lipinski definition) is 0. The summed E-state index contributed by atoms with van der Waals surface area (Å²) in [6, 6.07) is 2.62. The quantitative estimate of drug-likeness (QED) is 0.541. The minimum atomic E-state index is -0.396. The average Bonchev–Trinajstić information content (AvgIpc) is 2.11. The van der Waals surface area contributed by atoms with Crippen LogP contribution in [0.5, 0.6) is 0 Å². The van der Waals surface area contributed by atoms with Crippen LogP contribution >= 0.6 is 11.6 Å². The van der Waals surface area contributed by atoms with Gasteiger partial charge in [0.1, 0.15) is 5.82 Å². The van der Waals surface area contributed by atoms with Crippen LogP contribution in [0.15, 0.2) is 24.3 Å². The molecule has 0 spiro atoms. The lowest BCUT2D eigenvalue weighted by Crippen LogP contribution is -1.97. The zero-order chi connectivity index (χ0) is 10.7. The minimum Gasteiger partial charge on any atom is -0.289 e. The first-order chi connectivity index (χ1) is 6.56.